The van der Waals surface area contributed by atoms with E-state index >= 15 is 0 Å². The Bertz CT molecular complexity index is 1070. The summed E-state index contributed by atoms with van der Waals surface area (Å²) in [5, 5.41) is 15.3. The quantitative estimate of drug-likeness (QED) is 0.536. The maximum absolute atomic E-state index is 14.1. The summed E-state index contributed by atoms with van der Waals surface area (Å²) in [6.07, 6.45) is 0.688. The monoisotopic (exact) mass is 508 g/mol. The number of benzene rings is 1. The zero-order valence-electron chi connectivity index (χ0n) is 18.8. The van der Waals surface area contributed by atoms with E-state index in [9.17, 15) is 17.9 Å². The summed E-state index contributed by atoms with van der Waals surface area (Å²) in [5.74, 6) is -0.424. The van der Waals surface area contributed by atoms with Crippen LogP contribution in [-0.4, -0.2) is 48.3 Å². The van der Waals surface area contributed by atoms with Crippen LogP contribution in [0.1, 0.15) is 55.3 Å². The minimum Gasteiger partial charge on any atom is -0.387 e. The smallest absolute Gasteiger partial charge is 0.242 e. The molecule has 0 aliphatic heterocycles. The fourth-order valence-electron chi connectivity index (χ4n) is 3.33. The molecule has 3 N–H and O–H groups in total. The van der Waals surface area contributed by atoms with Gasteiger partial charge in [-0.2, -0.15) is 5.10 Å². The summed E-state index contributed by atoms with van der Waals surface area (Å²) in [6.45, 7) is 5.45. The first-order chi connectivity index (χ1) is 14.4. The Morgan fingerprint density at radius 3 is 2.44 bits per heavy atom. The van der Waals surface area contributed by atoms with Gasteiger partial charge in [0.1, 0.15) is 5.83 Å². The summed E-state index contributed by atoms with van der Waals surface area (Å²) < 4.78 is 41.5. The number of aromatic nitrogens is 2. The Kier molecular flexibility index (Phi) is 10.3. The number of rotatable bonds is 9. The summed E-state index contributed by atoms with van der Waals surface area (Å²) in [6, 6.07) is 4.57. The van der Waals surface area contributed by atoms with E-state index in [-0.39, 0.29) is 41.3 Å². The Morgan fingerprint density at radius 2 is 1.97 bits per heavy atom. The number of halogens is 3. The minimum absolute atomic E-state index is 0. The molecule has 0 aliphatic rings. The number of aliphatic hydroxyl groups excluding tert-OH is 1. The van der Waals surface area contributed by atoms with Crippen molar-refractivity contribution in [3.63, 3.8) is 0 Å². The molecule has 7 nitrogen and oxygen atoms in total. The lowest BCUT2D eigenvalue weighted by molar-refractivity contribution is 0.186. The van der Waals surface area contributed by atoms with Crippen molar-refractivity contribution in [1.82, 2.24) is 14.1 Å². The Balaban J connectivity index is 0.00000512. The fourth-order valence-corrected chi connectivity index (χ4v) is 4.57. The van der Waals surface area contributed by atoms with E-state index in [1.54, 1.807) is 13.0 Å². The molecule has 32 heavy (non-hydrogen) atoms. The molecule has 1 heterocycles. The highest BCUT2D eigenvalue weighted by molar-refractivity contribution is 7.89. The van der Waals surface area contributed by atoms with Crippen molar-refractivity contribution < 1.29 is 17.9 Å². The van der Waals surface area contributed by atoms with Crippen LogP contribution in [0.3, 0.4) is 0 Å². The van der Waals surface area contributed by atoms with Crippen molar-refractivity contribution in [3.8, 4) is 0 Å². The van der Waals surface area contributed by atoms with Gasteiger partial charge in [0.25, 0.3) is 0 Å². The van der Waals surface area contributed by atoms with Gasteiger partial charge in [-0.25, -0.2) is 17.1 Å². The van der Waals surface area contributed by atoms with Gasteiger partial charge in [0, 0.05) is 37.6 Å². The molecule has 0 amide bonds. The first kappa shape index (κ1) is 28.5. The average molecular weight is 509 g/mol. The van der Waals surface area contributed by atoms with Gasteiger partial charge in [-0.15, -0.1) is 12.4 Å². The van der Waals surface area contributed by atoms with Crippen LogP contribution in [0.5, 0.6) is 0 Å². The van der Waals surface area contributed by atoms with Gasteiger partial charge < -0.3 is 10.8 Å². The van der Waals surface area contributed by atoms with Gasteiger partial charge in [0.05, 0.1) is 28.9 Å². The maximum Gasteiger partial charge on any atom is 0.242 e. The standard InChI is InChI=1S/C21H30ClFN4O3S.ClH/c1-13(2)20-18(21(14(3)28)27(25-20)12-16(23)8-9-24)10-15-6-7-17(11-19(15)22)31(29,30)26(4)5;/h6-8,11,13-14,28H,9-10,12,24H2,1-5H3;1H. The van der Waals surface area contributed by atoms with E-state index in [1.165, 1.54) is 37.0 Å². The minimum atomic E-state index is -3.61. The second-order valence-electron chi connectivity index (χ2n) is 7.84. The van der Waals surface area contributed by atoms with Gasteiger partial charge in [-0.3, -0.25) is 4.68 Å². The zero-order valence-corrected chi connectivity index (χ0v) is 21.2. The van der Waals surface area contributed by atoms with E-state index in [2.05, 4.69) is 5.10 Å². The topological polar surface area (TPSA) is 101 Å². The normalized spacial score (nSPS) is 13.5. The van der Waals surface area contributed by atoms with Gasteiger partial charge in [0.15, 0.2) is 0 Å². The molecular weight excluding hydrogens is 478 g/mol. The summed E-state index contributed by atoms with van der Waals surface area (Å²) >= 11 is 6.43. The van der Waals surface area contributed by atoms with Crippen LogP contribution in [-0.2, 0) is 23.0 Å². The molecule has 0 bridgehead atoms. The van der Waals surface area contributed by atoms with Crippen LogP contribution < -0.4 is 5.73 Å². The number of hydrogen-bond donors (Lipinski definition) is 2. The Morgan fingerprint density at radius 1 is 1.34 bits per heavy atom. The number of hydrogen-bond acceptors (Lipinski definition) is 5. The maximum atomic E-state index is 14.1. The molecule has 1 atom stereocenters. The van der Waals surface area contributed by atoms with Crippen LogP contribution in [0.2, 0.25) is 5.02 Å². The van der Waals surface area contributed by atoms with Crippen molar-refractivity contribution >= 4 is 34.0 Å². The SMILES string of the molecule is CC(C)c1nn(CC(F)=CCN)c(C(C)O)c1Cc1ccc(S(=O)(=O)N(C)C)cc1Cl.Cl. The number of aliphatic hydroxyl groups is 1. The lowest BCUT2D eigenvalue weighted by Crippen LogP contribution is -2.22. The van der Waals surface area contributed by atoms with Crippen molar-refractivity contribution in [2.75, 3.05) is 20.6 Å². The lowest BCUT2D eigenvalue weighted by atomic mass is 9.96. The number of allylic oxidation sites excluding steroid dienone is 1. The van der Waals surface area contributed by atoms with Crippen LogP contribution >= 0.6 is 24.0 Å². The highest BCUT2D eigenvalue weighted by atomic mass is 35.5. The van der Waals surface area contributed by atoms with Gasteiger partial charge in [0.2, 0.25) is 10.0 Å². The number of sulfonamides is 1. The molecule has 2 rings (SSSR count). The molecule has 0 radical (unpaired) electrons. The largest absolute Gasteiger partial charge is 0.387 e. The van der Waals surface area contributed by atoms with Crippen molar-refractivity contribution in [3.05, 3.63) is 57.6 Å². The number of nitrogens with two attached hydrogens (primary N) is 1. The summed E-state index contributed by atoms with van der Waals surface area (Å²) in [5.41, 5.74) is 8.03. The summed E-state index contributed by atoms with van der Waals surface area (Å²) in [4.78, 5) is 0.0933. The van der Waals surface area contributed by atoms with Gasteiger partial charge >= 0.3 is 0 Å². The first-order valence-corrected chi connectivity index (χ1v) is 11.7. The average Bonchev–Trinajstić information content (AvgIpc) is 3.01. The Labute approximate surface area is 200 Å². The van der Waals surface area contributed by atoms with Crippen LogP contribution in [0.15, 0.2) is 35.0 Å². The van der Waals surface area contributed by atoms with E-state index in [0.29, 0.717) is 17.7 Å². The third kappa shape index (κ3) is 6.30. The van der Waals surface area contributed by atoms with Gasteiger partial charge in [-0.1, -0.05) is 31.5 Å². The molecule has 1 unspecified atom stereocenters. The first-order valence-electron chi connectivity index (χ1n) is 9.93. The molecule has 11 heteroatoms. The molecule has 2 aromatic rings. The van der Waals surface area contributed by atoms with E-state index in [0.717, 1.165) is 15.6 Å². The lowest BCUT2D eigenvalue weighted by Gasteiger charge is -2.15. The van der Waals surface area contributed by atoms with Gasteiger partial charge in [-0.05, 0) is 36.6 Å². The molecule has 180 valence electrons. The molecular formula is C21H31Cl2FN4O3S. The van der Waals surface area contributed by atoms with E-state index in [1.807, 2.05) is 13.8 Å². The van der Waals surface area contributed by atoms with Crippen LogP contribution in [0.25, 0.3) is 0 Å². The Hall–Kier alpha value is -1.49. The third-order valence-corrected chi connectivity index (χ3v) is 7.04. The summed E-state index contributed by atoms with van der Waals surface area (Å²) in [7, 11) is -0.709. The van der Waals surface area contributed by atoms with Crippen LogP contribution in [0.4, 0.5) is 4.39 Å². The predicted octanol–water partition coefficient (Wildman–Crippen LogP) is 3.79. The van der Waals surface area contributed by atoms with Crippen LogP contribution in [0, 0.1) is 0 Å². The van der Waals surface area contributed by atoms with Crippen molar-refractivity contribution in [1.29, 1.82) is 0 Å². The fraction of sp³-hybridized carbons (Fsp3) is 0.476. The van der Waals surface area contributed by atoms with E-state index < -0.39 is 22.0 Å². The number of nitrogens with zero attached hydrogens (tertiary/aromatic N) is 3. The molecule has 0 fully saturated rings. The highest BCUT2D eigenvalue weighted by Gasteiger charge is 2.25. The zero-order chi connectivity index (χ0) is 23.5. The molecule has 0 saturated heterocycles. The third-order valence-electron chi connectivity index (χ3n) is 4.88. The second kappa shape index (κ2) is 11.6. The molecule has 1 aromatic carbocycles. The van der Waals surface area contributed by atoms with Crippen molar-refractivity contribution in [2.45, 2.75) is 50.7 Å². The molecule has 0 aliphatic carbocycles. The van der Waals surface area contributed by atoms with E-state index in [4.69, 9.17) is 17.3 Å². The molecule has 0 saturated carbocycles. The molecule has 1 aromatic heterocycles. The van der Waals surface area contributed by atoms with Crippen molar-refractivity contribution in [2.24, 2.45) is 5.73 Å². The predicted molar refractivity (Wildman–Crippen MR) is 128 cm³/mol. The molecule has 0 spiro atoms. The second-order valence-corrected chi connectivity index (χ2v) is 10.4. The highest BCUT2D eigenvalue weighted by Crippen LogP contribution is 2.32.